The second-order valence-corrected chi connectivity index (χ2v) is 7.88. The van der Waals surface area contributed by atoms with Gasteiger partial charge in [-0.3, -0.25) is 4.98 Å². The van der Waals surface area contributed by atoms with Gasteiger partial charge in [-0.1, -0.05) is 29.8 Å². The maximum absolute atomic E-state index is 12.7. The van der Waals surface area contributed by atoms with Crippen LogP contribution in [0.25, 0.3) is 0 Å². The highest BCUT2D eigenvalue weighted by molar-refractivity contribution is 7.88. The topological polar surface area (TPSA) is 50.3 Å². The van der Waals surface area contributed by atoms with Gasteiger partial charge in [-0.2, -0.15) is 4.31 Å². The van der Waals surface area contributed by atoms with Gasteiger partial charge >= 0.3 is 0 Å². The molecule has 0 radical (unpaired) electrons. The smallest absolute Gasteiger partial charge is 0.218 e. The Morgan fingerprint density at radius 3 is 2.45 bits per heavy atom. The minimum atomic E-state index is -3.36. The summed E-state index contributed by atoms with van der Waals surface area (Å²) >= 11 is 5.85. The molecule has 4 nitrogen and oxygen atoms in total. The molecule has 1 aromatic carbocycles. The summed E-state index contributed by atoms with van der Waals surface area (Å²) in [6.07, 6.45) is 5.26. The van der Waals surface area contributed by atoms with E-state index in [4.69, 9.17) is 11.6 Å². The molecule has 1 fully saturated rings. The Morgan fingerprint density at radius 1 is 1.14 bits per heavy atom. The SMILES string of the molecule is O=S(=O)(Cc1ccc(Cl)cc1)N(Cc1cccnc1)C1CC1. The molecule has 116 valence electrons. The van der Waals surface area contributed by atoms with Gasteiger partial charge in [0.05, 0.1) is 5.75 Å². The van der Waals surface area contributed by atoms with E-state index in [9.17, 15) is 8.42 Å². The van der Waals surface area contributed by atoms with Crippen LogP contribution in [0.15, 0.2) is 48.8 Å². The summed E-state index contributed by atoms with van der Waals surface area (Å²) in [7, 11) is -3.36. The van der Waals surface area contributed by atoms with Crippen LogP contribution in [-0.2, 0) is 22.3 Å². The van der Waals surface area contributed by atoms with E-state index < -0.39 is 10.0 Å². The highest BCUT2D eigenvalue weighted by Crippen LogP contribution is 2.32. The van der Waals surface area contributed by atoms with E-state index in [1.165, 1.54) is 0 Å². The number of sulfonamides is 1. The summed E-state index contributed by atoms with van der Waals surface area (Å²) < 4.78 is 27.1. The van der Waals surface area contributed by atoms with Gasteiger partial charge in [-0.15, -0.1) is 0 Å². The fourth-order valence-electron chi connectivity index (χ4n) is 2.36. The van der Waals surface area contributed by atoms with Crippen LogP contribution >= 0.6 is 11.6 Å². The van der Waals surface area contributed by atoms with Crippen LogP contribution in [0.3, 0.4) is 0 Å². The minimum absolute atomic E-state index is 0.000924. The van der Waals surface area contributed by atoms with Crippen LogP contribution in [0, 0.1) is 0 Å². The number of rotatable bonds is 6. The molecule has 0 spiro atoms. The Bertz CT molecular complexity index is 729. The van der Waals surface area contributed by atoms with Gasteiger partial charge in [0.1, 0.15) is 0 Å². The molecule has 1 aliphatic rings. The third kappa shape index (κ3) is 3.85. The number of hydrogen-bond acceptors (Lipinski definition) is 3. The van der Waals surface area contributed by atoms with Crippen LogP contribution in [0.1, 0.15) is 24.0 Å². The molecule has 1 aliphatic carbocycles. The Kier molecular flexibility index (Phi) is 4.47. The van der Waals surface area contributed by atoms with E-state index >= 15 is 0 Å². The van der Waals surface area contributed by atoms with Crippen molar-refractivity contribution in [2.75, 3.05) is 0 Å². The maximum Gasteiger partial charge on any atom is 0.218 e. The molecule has 0 unspecified atom stereocenters. The van der Waals surface area contributed by atoms with Gasteiger partial charge in [0.25, 0.3) is 0 Å². The van der Waals surface area contributed by atoms with E-state index in [1.54, 1.807) is 41.0 Å². The zero-order valence-electron chi connectivity index (χ0n) is 12.0. The number of pyridine rings is 1. The van der Waals surface area contributed by atoms with Crippen molar-refractivity contribution in [2.24, 2.45) is 0 Å². The first-order valence-corrected chi connectivity index (χ1v) is 9.16. The van der Waals surface area contributed by atoms with Crippen molar-refractivity contribution in [3.63, 3.8) is 0 Å². The molecule has 0 saturated heterocycles. The molecule has 6 heteroatoms. The van der Waals surface area contributed by atoms with Crippen LogP contribution in [-0.4, -0.2) is 23.7 Å². The first-order chi connectivity index (χ1) is 10.5. The van der Waals surface area contributed by atoms with Gasteiger partial charge in [0.2, 0.25) is 10.0 Å². The predicted molar refractivity (Wildman–Crippen MR) is 86.9 cm³/mol. The van der Waals surface area contributed by atoms with Crippen LogP contribution in [0.5, 0.6) is 0 Å². The van der Waals surface area contributed by atoms with Gasteiger partial charge in [-0.05, 0) is 42.2 Å². The van der Waals surface area contributed by atoms with Crippen LogP contribution < -0.4 is 0 Å². The van der Waals surface area contributed by atoms with Crippen molar-refractivity contribution in [3.8, 4) is 0 Å². The van der Waals surface area contributed by atoms with Gasteiger partial charge < -0.3 is 0 Å². The Labute approximate surface area is 135 Å². The highest BCUT2D eigenvalue weighted by atomic mass is 35.5. The fraction of sp³-hybridized carbons (Fsp3) is 0.312. The summed E-state index contributed by atoms with van der Waals surface area (Å²) in [6.45, 7) is 0.383. The number of benzene rings is 1. The van der Waals surface area contributed by atoms with Crippen molar-refractivity contribution in [1.82, 2.24) is 9.29 Å². The number of nitrogens with zero attached hydrogens (tertiary/aromatic N) is 2. The first-order valence-electron chi connectivity index (χ1n) is 7.17. The predicted octanol–water partition coefficient (Wildman–Crippen LogP) is 3.23. The standard InChI is InChI=1S/C16H17ClN2O2S/c17-15-5-3-13(4-6-15)12-22(20,21)19(16-7-8-16)11-14-2-1-9-18-10-14/h1-6,9-10,16H,7-8,11-12H2. The van der Waals surface area contributed by atoms with Crippen molar-refractivity contribution in [2.45, 2.75) is 31.2 Å². The van der Waals surface area contributed by atoms with Crippen LogP contribution in [0.4, 0.5) is 0 Å². The molecule has 1 aromatic heterocycles. The van der Waals surface area contributed by atoms with Crippen molar-refractivity contribution < 1.29 is 8.42 Å². The molecule has 3 rings (SSSR count). The van der Waals surface area contributed by atoms with E-state index in [-0.39, 0.29) is 11.8 Å². The molecular weight excluding hydrogens is 320 g/mol. The first kappa shape index (κ1) is 15.5. The Morgan fingerprint density at radius 2 is 1.86 bits per heavy atom. The highest BCUT2D eigenvalue weighted by Gasteiger charge is 2.37. The number of halogens is 1. The molecule has 0 amide bonds. The normalized spacial score (nSPS) is 15.2. The average molecular weight is 337 g/mol. The van der Waals surface area contributed by atoms with Gasteiger partial charge in [0, 0.05) is 30.0 Å². The third-order valence-electron chi connectivity index (χ3n) is 3.63. The van der Waals surface area contributed by atoms with Gasteiger partial charge in [-0.25, -0.2) is 8.42 Å². The van der Waals surface area contributed by atoms with E-state index in [1.807, 2.05) is 12.1 Å². The molecule has 1 heterocycles. The molecule has 1 saturated carbocycles. The van der Waals surface area contributed by atoms with E-state index in [0.29, 0.717) is 11.6 Å². The lowest BCUT2D eigenvalue weighted by atomic mass is 10.2. The van der Waals surface area contributed by atoms with E-state index in [2.05, 4.69) is 4.98 Å². The lowest BCUT2D eigenvalue weighted by molar-refractivity contribution is 0.397. The van der Waals surface area contributed by atoms with Crippen molar-refractivity contribution in [1.29, 1.82) is 0 Å². The molecule has 0 N–H and O–H groups in total. The summed E-state index contributed by atoms with van der Waals surface area (Å²) in [6, 6.07) is 10.8. The Hall–Kier alpha value is -1.43. The summed E-state index contributed by atoms with van der Waals surface area (Å²) in [5, 5.41) is 0.607. The lowest BCUT2D eigenvalue weighted by Gasteiger charge is -2.22. The zero-order valence-corrected chi connectivity index (χ0v) is 13.6. The van der Waals surface area contributed by atoms with Crippen LogP contribution in [0.2, 0.25) is 5.02 Å². The molecule has 0 bridgehead atoms. The molecule has 2 aromatic rings. The van der Waals surface area contributed by atoms with Crippen molar-refractivity contribution in [3.05, 3.63) is 64.9 Å². The summed E-state index contributed by atoms with van der Waals surface area (Å²) in [5.41, 5.74) is 1.66. The maximum atomic E-state index is 12.7. The quantitative estimate of drug-likeness (QED) is 0.813. The largest absolute Gasteiger partial charge is 0.264 e. The van der Waals surface area contributed by atoms with E-state index in [0.717, 1.165) is 24.0 Å². The van der Waals surface area contributed by atoms with Gasteiger partial charge in [0.15, 0.2) is 0 Å². The molecule has 0 atom stereocenters. The minimum Gasteiger partial charge on any atom is -0.264 e. The van der Waals surface area contributed by atoms with Crippen molar-refractivity contribution >= 4 is 21.6 Å². The zero-order chi connectivity index (χ0) is 15.6. The Balaban J connectivity index is 1.79. The molecular formula is C16H17ClN2O2S. The third-order valence-corrected chi connectivity index (χ3v) is 5.73. The summed E-state index contributed by atoms with van der Waals surface area (Å²) in [5.74, 6) is 0.000924. The molecule has 0 aliphatic heterocycles. The molecule has 22 heavy (non-hydrogen) atoms. The second kappa shape index (κ2) is 6.36. The number of hydrogen-bond donors (Lipinski definition) is 0. The fourth-order valence-corrected chi connectivity index (χ4v) is 4.28. The number of aromatic nitrogens is 1. The summed E-state index contributed by atoms with van der Waals surface area (Å²) in [4.78, 5) is 4.06. The second-order valence-electron chi connectivity index (χ2n) is 5.52. The average Bonchev–Trinajstić information content (AvgIpc) is 3.32. The lowest BCUT2D eigenvalue weighted by Crippen LogP contribution is -2.33. The monoisotopic (exact) mass is 336 g/mol.